The van der Waals surface area contributed by atoms with Crippen molar-refractivity contribution in [1.82, 2.24) is 20.9 Å². The lowest BCUT2D eigenvalue weighted by Gasteiger charge is -2.39. The van der Waals surface area contributed by atoms with Crippen molar-refractivity contribution in [2.45, 2.75) is 117 Å². The second-order valence-corrected chi connectivity index (χ2v) is 19.3. The molecule has 2 aliphatic carbocycles. The van der Waals surface area contributed by atoms with Crippen LogP contribution in [0.25, 0.3) is 0 Å². The Balaban J connectivity index is 1.53. The van der Waals surface area contributed by atoms with Crippen LogP contribution in [0.3, 0.4) is 0 Å². The number of urea groups is 1. The maximum atomic E-state index is 14.4. The van der Waals surface area contributed by atoms with Crippen LogP contribution in [-0.4, -0.2) is 78.8 Å². The summed E-state index contributed by atoms with van der Waals surface area (Å²) in [7, 11) is -3.64. The molecule has 0 bridgehead atoms. The monoisotopic (exact) mass is 715 g/mol. The molecule has 4 rings (SSSR count). The summed E-state index contributed by atoms with van der Waals surface area (Å²) >= 11 is 0. The summed E-state index contributed by atoms with van der Waals surface area (Å²) in [6, 6.07) is 5.14. The fourth-order valence-electron chi connectivity index (χ4n) is 8.20. The standard InChI is InChI=1S/C37H57N5O7S/c1-22(2)18-37(8,21-50(48,49)20-24-13-10-9-11-14-24)41-34(47)40-30(35(3,4)5)33(46)42-19-25-27(36(25,6)7)28(42)32(45)39-26(29(43)31(38)44)17-23-15-12-16-23/h9-11,13-14,22-23,25-28,30H,12,15-21H2,1-8H3,(H2,38,44)(H,39,45)(H2,40,41,47)/t25?,26?,27-,28?,30-,37?/m1/s1. The summed E-state index contributed by atoms with van der Waals surface area (Å²) < 4.78 is 26.7. The van der Waals surface area contributed by atoms with Gasteiger partial charge >= 0.3 is 6.03 Å². The smallest absolute Gasteiger partial charge is 0.315 e. The average molecular weight is 716 g/mol. The maximum Gasteiger partial charge on any atom is 0.315 e. The number of ketones is 1. The number of sulfone groups is 1. The molecule has 1 heterocycles. The first-order valence-corrected chi connectivity index (χ1v) is 19.6. The highest BCUT2D eigenvalue weighted by molar-refractivity contribution is 7.90. The molecule has 0 spiro atoms. The minimum Gasteiger partial charge on any atom is -0.363 e. The highest BCUT2D eigenvalue weighted by Gasteiger charge is 2.70. The first-order valence-electron chi connectivity index (χ1n) is 17.8. The lowest BCUT2D eigenvalue weighted by molar-refractivity contribution is -0.145. The van der Waals surface area contributed by atoms with Gasteiger partial charge in [0.2, 0.25) is 17.6 Å². The third kappa shape index (κ3) is 9.24. The highest BCUT2D eigenvalue weighted by Crippen LogP contribution is 2.65. The second kappa shape index (κ2) is 14.6. The number of nitrogens with two attached hydrogens (primary N) is 1. The van der Waals surface area contributed by atoms with Crippen LogP contribution >= 0.6 is 0 Å². The van der Waals surface area contributed by atoms with Crippen LogP contribution in [0.5, 0.6) is 0 Å². The summed E-state index contributed by atoms with van der Waals surface area (Å²) in [5, 5.41) is 8.52. The van der Waals surface area contributed by atoms with Gasteiger partial charge < -0.3 is 26.6 Å². The summed E-state index contributed by atoms with van der Waals surface area (Å²) in [5.41, 5.74) is 3.85. The van der Waals surface area contributed by atoms with Gasteiger partial charge in [-0.25, -0.2) is 13.2 Å². The number of hydrogen-bond donors (Lipinski definition) is 4. The van der Waals surface area contributed by atoms with E-state index in [0.29, 0.717) is 24.9 Å². The molecule has 3 fully saturated rings. The van der Waals surface area contributed by atoms with Crippen molar-refractivity contribution >= 4 is 39.4 Å². The molecule has 13 heteroatoms. The van der Waals surface area contributed by atoms with E-state index in [4.69, 9.17) is 5.73 Å². The number of nitrogens with one attached hydrogen (secondary N) is 3. The SMILES string of the molecule is CC(C)CC(C)(CS(=O)(=O)Cc1ccccc1)NC(=O)N[C@H](C(=O)N1CC2[C@H](C1C(=O)NC(CC1CCC1)C(=O)C(N)=O)C2(C)C)C(C)(C)C. The summed E-state index contributed by atoms with van der Waals surface area (Å²) in [6.45, 7) is 15.4. The Bertz CT molecular complexity index is 1570. The summed E-state index contributed by atoms with van der Waals surface area (Å²) in [5.74, 6) is -3.26. The highest BCUT2D eigenvalue weighted by atomic mass is 32.2. The van der Waals surface area contributed by atoms with E-state index in [-0.39, 0.29) is 40.6 Å². The van der Waals surface area contributed by atoms with E-state index < -0.39 is 68.5 Å². The largest absolute Gasteiger partial charge is 0.363 e. The number of fused-ring (bicyclic) bond motifs is 1. The topological polar surface area (TPSA) is 185 Å². The van der Waals surface area contributed by atoms with Gasteiger partial charge in [0.15, 0.2) is 9.84 Å². The molecule has 4 unspecified atom stereocenters. The average Bonchev–Trinajstić information content (AvgIpc) is 3.27. The lowest BCUT2D eigenvalue weighted by atomic mass is 9.80. The van der Waals surface area contributed by atoms with E-state index in [0.717, 1.165) is 19.3 Å². The number of piperidine rings is 1. The molecule has 50 heavy (non-hydrogen) atoms. The fraction of sp³-hybridized carbons (Fsp3) is 0.703. The van der Waals surface area contributed by atoms with E-state index in [9.17, 15) is 32.4 Å². The first-order chi connectivity index (χ1) is 23.0. The van der Waals surface area contributed by atoms with Crippen LogP contribution in [0.1, 0.15) is 93.1 Å². The van der Waals surface area contributed by atoms with Crippen molar-refractivity contribution in [2.24, 2.45) is 40.2 Å². The van der Waals surface area contributed by atoms with E-state index in [1.54, 1.807) is 31.2 Å². The molecule has 1 saturated heterocycles. The van der Waals surface area contributed by atoms with E-state index in [1.165, 1.54) is 4.90 Å². The molecule has 1 aromatic rings. The first kappa shape index (κ1) is 39.3. The number of carbonyl (C=O) groups is 5. The number of carbonyl (C=O) groups excluding carboxylic acids is 5. The van der Waals surface area contributed by atoms with Gasteiger partial charge in [0.25, 0.3) is 5.91 Å². The molecule has 3 aliphatic rings. The van der Waals surface area contributed by atoms with Gasteiger partial charge in [-0.3, -0.25) is 19.2 Å². The molecule has 12 nitrogen and oxygen atoms in total. The number of primary amides is 1. The Morgan fingerprint density at radius 2 is 1.62 bits per heavy atom. The minimum atomic E-state index is -3.64. The van der Waals surface area contributed by atoms with Gasteiger partial charge in [0, 0.05) is 6.54 Å². The fourth-order valence-corrected chi connectivity index (χ4v) is 10.2. The summed E-state index contributed by atoms with van der Waals surface area (Å²) in [4.78, 5) is 68.3. The van der Waals surface area contributed by atoms with Crippen molar-refractivity contribution < 1.29 is 32.4 Å². The van der Waals surface area contributed by atoms with Gasteiger partial charge in [0.1, 0.15) is 12.1 Å². The molecule has 0 radical (unpaired) electrons. The Morgan fingerprint density at radius 1 is 1.00 bits per heavy atom. The number of hydrogen-bond acceptors (Lipinski definition) is 7. The number of benzene rings is 1. The van der Waals surface area contributed by atoms with E-state index in [1.807, 2.05) is 54.5 Å². The van der Waals surface area contributed by atoms with Crippen LogP contribution in [0.4, 0.5) is 4.79 Å². The zero-order valence-corrected chi connectivity index (χ0v) is 31.7. The molecule has 2 saturated carbocycles. The van der Waals surface area contributed by atoms with E-state index >= 15 is 0 Å². The predicted octanol–water partition coefficient (Wildman–Crippen LogP) is 3.33. The quantitative estimate of drug-likeness (QED) is 0.201. The lowest BCUT2D eigenvalue weighted by Crippen LogP contribution is -2.63. The minimum absolute atomic E-state index is 0.0396. The van der Waals surface area contributed by atoms with Crippen LogP contribution in [0.15, 0.2) is 30.3 Å². The van der Waals surface area contributed by atoms with Crippen molar-refractivity contribution in [3.05, 3.63) is 35.9 Å². The number of amides is 5. The van der Waals surface area contributed by atoms with Crippen molar-refractivity contribution in [1.29, 1.82) is 0 Å². The van der Waals surface area contributed by atoms with Crippen molar-refractivity contribution in [3.8, 4) is 0 Å². The Hall–Kier alpha value is -3.48. The molecular formula is C37H57N5O7S. The number of rotatable bonds is 15. The Morgan fingerprint density at radius 3 is 2.14 bits per heavy atom. The molecule has 278 valence electrons. The number of Topliss-reactive ketones (excluding diaryl/α,β-unsaturated/α-hetero) is 1. The van der Waals surface area contributed by atoms with Gasteiger partial charge in [-0.15, -0.1) is 0 Å². The van der Waals surface area contributed by atoms with Crippen LogP contribution in [0.2, 0.25) is 0 Å². The third-order valence-electron chi connectivity index (χ3n) is 10.9. The molecular weight excluding hydrogens is 659 g/mol. The Kier molecular flexibility index (Phi) is 11.5. The van der Waals surface area contributed by atoms with Crippen LogP contribution in [-0.2, 0) is 34.8 Å². The zero-order valence-electron chi connectivity index (χ0n) is 30.9. The molecule has 6 atom stereocenters. The maximum absolute atomic E-state index is 14.4. The van der Waals surface area contributed by atoms with Crippen molar-refractivity contribution in [2.75, 3.05) is 12.3 Å². The van der Waals surface area contributed by atoms with Crippen LogP contribution < -0.4 is 21.7 Å². The summed E-state index contributed by atoms with van der Waals surface area (Å²) in [6.07, 6.45) is 3.52. The van der Waals surface area contributed by atoms with Gasteiger partial charge in [-0.2, -0.15) is 0 Å². The van der Waals surface area contributed by atoms with E-state index in [2.05, 4.69) is 16.0 Å². The Labute approximate surface area is 297 Å². The van der Waals surface area contributed by atoms with Gasteiger partial charge in [-0.1, -0.05) is 98.1 Å². The molecule has 1 aromatic carbocycles. The molecule has 5 amide bonds. The second-order valence-electron chi connectivity index (χ2n) is 17.3. The molecule has 5 N–H and O–H groups in total. The van der Waals surface area contributed by atoms with Crippen molar-refractivity contribution in [3.63, 3.8) is 0 Å². The van der Waals surface area contributed by atoms with Gasteiger partial charge in [0.05, 0.1) is 23.1 Å². The predicted molar refractivity (Wildman–Crippen MR) is 191 cm³/mol. The third-order valence-corrected chi connectivity index (χ3v) is 12.7. The number of nitrogens with zero attached hydrogens (tertiary/aromatic N) is 1. The molecule has 0 aromatic heterocycles. The van der Waals surface area contributed by atoms with Gasteiger partial charge in [-0.05, 0) is 59.8 Å². The van der Waals surface area contributed by atoms with Crippen LogP contribution in [0, 0.1) is 34.5 Å². The zero-order chi connectivity index (χ0) is 37.4. The normalized spacial score (nSPS) is 23.9. The molecule has 1 aliphatic heterocycles. The number of likely N-dealkylation sites (tertiary alicyclic amines) is 1.